The standard InChI is InChI=1S/C61H73FN12O5/c1-6-40-9-7-10-43-28-46(75)29-47(54(40)43)56-55(62)57-48(31-63-56)58(73-34-44-16-17-45(35-73)66-44)68-61(67-57)78-26-25-71-23-19-38(20-24-71)27-39-32-72(33-39)52-30-51(79-69-52)53(36(2)3)60(77)74-22-8-11-50(74)59(76)65-37(4)41-12-14-42(15-13-41)49-18-21-64-70(49)5/h7,9-10,12-15,18,21,28-31,36-39,44-45,50,53,66,75H,6,8,11,16-17,19-20,22-27,32-35H2,1-5H3,(H,65,76)/t37?,44?,45?,50?,53-/m0/s1. The number of phenols is 1. The lowest BCUT2D eigenvalue weighted by atomic mass is 9.83. The number of phenolic OH excluding ortho intramolecular Hbond substituents is 1. The highest BCUT2D eigenvalue weighted by molar-refractivity contribution is 6.02. The third-order valence-electron chi connectivity index (χ3n) is 17.6. The number of halogens is 1. The van der Waals surface area contributed by atoms with E-state index in [1.165, 1.54) is 0 Å². The number of hydrogen-bond donors (Lipinski definition) is 3. The number of carbonyl (C=O) groups is 2. The fraction of sp³-hybridized carbons (Fsp3) is 0.492. The van der Waals surface area contributed by atoms with E-state index in [0.29, 0.717) is 72.6 Å². The molecule has 2 bridgehead atoms. The largest absolute Gasteiger partial charge is 0.508 e. The van der Waals surface area contributed by atoms with Crippen LogP contribution in [0.5, 0.6) is 11.8 Å². The van der Waals surface area contributed by atoms with Crippen molar-refractivity contribution in [2.24, 2.45) is 24.8 Å². The van der Waals surface area contributed by atoms with E-state index in [0.717, 1.165) is 123 Å². The summed E-state index contributed by atoms with van der Waals surface area (Å²) in [5, 5.41) is 28.6. The predicted molar refractivity (Wildman–Crippen MR) is 302 cm³/mol. The van der Waals surface area contributed by atoms with Gasteiger partial charge in [-0.05, 0) is 135 Å². The molecular weight excluding hydrogens is 1000 g/mol. The van der Waals surface area contributed by atoms with Crippen LogP contribution in [0.4, 0.5) is 16.0 Å². The summed E-state index contributed by atoms with van der Waals surface area (Å²) in [6.45, 7) is 14.9. The molecular formula is C61H73FN12O5. The summed E-state index contributed by atoms with van der Waals surface area (Å²) in [5.74, 6) is 1.77. The van der Waals surface area contributed by atoms with Gasteiger partial charge in [-0.2, -0.15) is 15.1 Å². The van der Waals surface area contributed by atoms with Gasteiger partial charge in [0, 0.05) is 82.4 Å². The lowest BCUT2D eigenvalue weighted by Crippen LogP contribution is -2.51. The van der Waals surface area contributed by atoms with E-state index in [9.17, 15) is 14.7 Å². The number of fused-ring (bicyclic) bond motifs is 4. The van der Waals surface area contributed by atoms with Crippen molar-refractivity contribution in [3.8, 4) is 34.3 Å². The van der Waals surface area contributed by atoms with Crippen LogP contribution in [0.25, 0.3) is 44.2 Å². The molecule has 79 heavy (non-hydrogen) atoms. The van der Waals surface area contributed by atoms with E-state index in [4.69, 9.17) is 24.2 Å². The Kier molecular flexibility index (Phi) is 14.7. The molecule has 0 saturated carbocycles. The molecule has 17 nitrogen and oxygen atoms in total. The van der Waals surface area contributed by atoms with Crippen LogP contribution in [0.3, 0.4) is 0 Å². The van der Waals surface area contributed by atoms with Gasteiger partial charge >= 0.3 is 6.01 Å². The number of carbonyl (C=O) groups excluding carboxylic acids is 2. The number of aromatic hydroxyl groups is 1. The smallest absolute Gasteiger partial charge is 0.319 e. The number of anilines is 2. The number of ether oxygens (including phenoxy) is 1. The number of nitrogens with zero attached hydrogens (tertiary/aromatic N) is 10. The van der Waals surface area contributed by atoms with E-state index in [-0.39, 0.29) is 46.7 Å². The summed E-state index contributed by atoms with van der Waals surface area (Å²) in [4.78, 5) is 51.2. The zero-order valence-electron chi connectivity index (χ0n) is 46.1. The maximum absolute atomic E-state index is 17.1. The average Bonchev–Trinajstić information content (AvgIpc) is 4.43. The van der Waals surface area contributed by atoms with E-state index >= 15 is 4.39 Å². The van der Waals surface area contributed by atoms with Crippen molar-refractivity contribution in [2.75, 3.05) is 68.8 Å². The van der Waals surface area contributed by atoms with Gasteiger partial charge in [0.15, 0.2) is 17.4 Å². The van der Waals surface area contributed by atoms with Gasteiger partial charge in [-0.15, -0.1) is 0 Å². The fourth-order valence-electron chi connectivity index (χ4n) is 13.3. The Hall–Kier alpha value is -7.18. The number of benzene rings is 3. The molecule has 4 unspecified atom stereocenters. The Bertz CT molecular complexity index is 3340. The number of pyridine rings is 1. The van der Waals surface area contributed by atoms with Gasteiger partial charge in [0.2, 0.25) is 11.8 Å². The molecule has 5 saturated heterocycles. The quantitative estimate of drug-likeness (QED) is 0.0787. The van der Waals surface area contributed by atoms with Gasteiger partial charge in [-0.25, -0.2) is 4.39 Å². The molecule has 3 aromatic carbocycles. The summed E-state index contributed by atoms with van der Waals surface area (Å²) in [6, 6.07) is 21.3. The molecule has 7 aromatic rings. The third kappa shape index (κ3) is 10.6. The Morgan fingerprint density at radius 2 is 1.70 bits per heavy atom. The molecule has 5 aliphatic heterocycles. The maximum Gasteiger partial charge on any atom is 0.319 e. The normalized spacial score (nSPS) is 20.8. The number of aromatic nitrogens is 6. The van der Waals surface area contributed by atoms with Crippen LogP contribution in [0.2, 0.25) is 0 Å². The van der Waals surface area contributed by atoms with Gasteiger partial charge in [0.25, 0.3) is 0 Å². The van der Waals surface area contributed by atoms with E-state index in [2.05, 4.69) is 42.5 Å². The summed E-state index contributed by atoms with van der Waals surface area (Å²) >= 11 is 0. The van der Waals surface area contributed by atoms with E-state index in [1.54, 1.807) is 29.4 Å². The lowest BCUT2D eigenvalue weighted by Gasteiger charge is -2.42. The Balaban J connectivity index is 0.636. The highest BCUT2D eigenvalue weighted by Gasteiger charge is 2.42. The molecule has 0 radical (unpaired) electrons. The number of amides is 2. The second-order valence-electron chi connectivity index (χ2n) is 23.2. The maximum atomic E-state index is 17.1. The number of rotatable bonds is 17. The fourth-order valence-corrected chi connectivity index (χ4v) is 13.3. The molecule has 5 fully saturated rings. The number of likely N-dealkylation sites (tertiary alicyclic amines) is 2. The van der Waals surface area contributed by atoms with Gasteiger partial charge in [-0.1, -0.05) is 68.4 Å². The first-order valence-corrected chi connectivity index (χ1v) is 28.7. The van der Waals surface area contributed by atoms with Crippen LogP contribution in [0.1, 0.15) is 101 Å². The summed E-state index contributed by atoms with van der Waals surface area (Å²) in [6.07, 6.45) is 11.1. The van der Waals surface area contributed by atoms with Crippen molar-refractivity contribution in [2.45, 2.75) is 109 Å². The summed E-state index contributed by atoms with van der Waals surface area (Å²) in [5.41, 5.74) is 4.94. The molecule has 2 amide bonds. The first-order valence-electron chi connectivity index (χ1n) is 28.7. The minimum atomic E-state index is -0.558. The van der Waals surface area contributed by atoms with Crippen molar-refractivity contribution in [3.05, 3.63) is 102 Å². The monoisotopic (exact) mass is 1070 g/mol. The molecule has 5 aliphatic rings. The molecule has 4 aromatic heterocycles. The number of hydrogen-bond acceptors (Lipinski definition) is 14. The molecule has 414 valence electrons. The Morgan fingerprint density at radius 3 is 2.43 bits per heavy atom. The van der Waals surface area contributed by atoms with Crippen molar-refractivity contribution in [1.29, 1.82) is 0 Å². The van der Waals surface area contributed by atoms with Gasteiger partial charge in [0.1, 0.15) is 41.3 Å². The van der Waals surface area contributed by atoms with Crippen molar-refractivity contribution in [1.82, 2.24) is 50.3 Å². The SMILES string of the molecule is CCc1cccc2cc(O)cc(-c3ncc4c(N5CC6CCC(C5)N6)nc(OCCN5CCC(CC6CN(c7cc([C@@H](C(=O)N8CCCC8C(=O)NC(C)c8ccc(-c9ccnn9C)cc8)C(C)C)on7)C6)CC5)nc4c3F)c12. The highest BCUT2D eigenvalue weighted by Crippen LogP contribution is 2.40. The first-order chi connectivity index (χ1) is 38.3. The first kappa shape index (κ1) is 52.5. The second kappa shape index (κ2) is 22.2. The number of nitrogens with one attached hydrogen (secondary N) is 2. The van der Waals surface area contributed by atoms with Crippen LogP contribution in [-0.4, -0.2) is 134 Å². The molecule has 18 heteroatoms. The topological polar surface area (TPSA) is 183 Å². The minimum absolute atomic E-state index is 0.0487. The molecule has 12 rings (SSSR count). The lowest BCUT2D eigenvalue weighted by molar-refractivity contribution is -0.141. The number of aryl methyl sites for hydroxylation is 2. The highest BCUT2D eigenvalue weighted by atomic mass is 19.1. The third-order valence-corrected chi connectivity index (χ3v) is 17.6. The van der Waals surface area contributed by atoms with Crippen LogP contribution in [0.15, 0.2) is 83.6 Å². The van der Waals surface area contributed by atoms with Crippen LogP contribution >= 0.6 is 0 Å². The van der Waals surface area contributed by atoms with Crippen LogP contribution in [-0.2, 0) is 23.1 Å². The number of piperidine rings is 1. The van der Waals surface area contributed by atoms with Gasteiger partial charge in [-0.3, -0.25) is 24.2 Å². The van der Waals surface area contributed by atoms with Gasteiger partial charge < -0.3 is 39.7 Å². The van der Waals surface area contributed by atoms with E-state index in [1.807, 2.05) is 87.1 Å². The average molecular weight is 1070 g/mol. The summed E-state index contributed by atoms with van der Waals surface area (Å²) in [7, 11) is 1.92. The zero-order valence-corrected chi connectivity index (χ0v) is 46.1. The predicted octanol–water partition coefficient (Wildman–Crippen LogP) is 8.81. The Labute approximate surface area is 460 Å². The molecule has 5 atom stereocenters. The molecule has 9 heterocycles. The van der Waals surface area contributed by atoms with Gasteiger partial charge in [0.05, 0.1) is 17.1 Å². The van der Waals surface area contributed by atoms with E-state index < -0.39 is 17.8 Å². The van der Waals surface area contributed by atoms with Crippen molar-refractivity contribution >= 4 is 45.1 Å². The molecule has 0 aliphatic carbocycles. The Morgan fingerprint density at radius 1 is 0.911 bits per heavy atom. The molecule has 0 spiro atoms. The second-order valence-corrected chi connectivity index (χ2v) is 23.2. The van der Waals surface area contributed by atoms with Crippen LogP contribution in [0, 0.1) is 23.6 Å². The molecule has 3 N–H and O–H groups in total. The minimum Gasteiger partial charge on any atom is -0.508 e. The number of piperazine rings is 1. The van der Waals surface area contributed by atoms with Crippen LogP contribution < -0.4 is 25.2 Å². The van der Waals surface area contributed by atoms with Crippen molar-refractivity contribution < 1.29 is 28.3 Å². The summed E-state index contributed by atoms with van der Waals surface area (Å²) < 4.78 is 31.3. The zero-order chi connectivity index (χ0) is 54.5. The van der Waals surface area contributed by atoms with Crippen molar-refractivity contribution in [3.63, 3.8) is 0 Å².